The smallest absolute Gasteiger partial charge is 0.218 e. The van der Waals surface area contributed by atoms with Crippen LogP contribution in [0.15, 0.2) is 42.5 Å². The summed E-state index contributed by atoms with van der Waals surface area (Å²) in [6, 6.07) is 14.0. The highest BCUT2D eigenvalue weighted by Gasteiger charge is 2.31. The van der Waals surface area contributed by atoms with E-state index in [9.17, 15) is 9.18 Å². The Morgan fingerprint density at radius 2 is 1.95 bits per heavy atom. The maximum Gasteiger partial charge on any atom is 0.218 e. The molecule has 1 saturated heterocycles. The van der Waals surface area contributed by atoms with Crippen LogP contribution in [0.5, 0.6) is 0 Å². The molecule has 2 aromatic carbocycles. The van der Waals surface area contributed by atoms with Gasteiger partial charge >= 0.3 is 0 Å². The Morgan fingerprint density at radius 1 is 1.13 bits per heavy atom. The molecule has 3 heterocycles. The molecule has 0 spiro atoms. The molecule has 38 heavy (non-hydrogen) atoms. The van der Waals surface area contributed by atoms with Crippen LogP contribution in [-0.4, -0.2) is 67.9 Å². The van der Waals surface area contributed by atoms with Gasteiger partial charge < -0.3 is 4.90 Å². The molecular weight excluding hydrogens is 481 g/mol. The molecule has 1 saturated carbocycles. The molecule has 1 aliphatic carbocycles. The number of fused-ring (bicyclic) bond motifs is 1. The summed E-state index contributed by atoms with van der Waals surface area (Å²) in [5, 5.41) is 13.0. The van der Waals surface area contributed by atoms with Crippen molar-refractivity contribution >= 4 is 22.4 Å². The van der Waals surface area contributed by atoms with Crippen molar-refractivity contribution in [1.29, 1.82) is 0 Å². The zero-order chi connectivity index (χ0) is 26.2. The van der Waals surface area contributed by atoms with Crippen molar-refractivity contribution in [3.8, 4) is 0 Å². The van der Waals surface area contributed by atoms with Gasteiger partial charge in [0, 0.05) is 36.7 Å². The first-order chi connectivity index (χ1) is 18.5. The van der Waals surface area contributed by atoms with Gasteiger partial charge in [-0.3, -0.25) is 19.5 Å². The normalized spacial score (nSPS) is 18.7. The van der Waals surface area contributed by atoms with Crippen molar-refractivity contribution in [2.45, 2.75) is 58.0 Å². The number of halogens is 1. The number of carbonyl (C=O) groups excluding carboxylic acids is 1. The summed E-state index contributed by atoms with van der Waals surface area (Å²) >= 11 is 0. The molecule has 1 atom stereocenters. The fraction of sp³-hybridized carbons (Fsp3) is 0.448. The van der Waals surface area contributed by atoms with Crippen molar-refractivity contribution in [2.24, 2.45) is 0 Å². The van der Waals surface area contributed by atoms with E-state index in [-0.39, 0.29) is 30.0 Å². The largest absolute Gasteiger partial charge is 0.369 e. The number of aryl methyl sites for hydroxylation is 2. The first-order valence-corrected chi connectivity index (χ1v) is 13.6. The molecule has 4 aromatic rings. The van der Waals surface area contributed by atoms with Gasteiger partial charge in [0.2, 0.25) is 11.6 Å². The van der Waals surface area contributed by atoms with Gasteiger partial charge in [-0.2, -0.15) is 10.2 Å². The topological polar surface area (TPSA) is 82.9 Å². The van der Waals surface area contributed by atoms with Crippen molar-refractivity contribution in [3.05, 3.63) is 71.2 Å². The number of aromatic amines is 1. The molecule has 8 nitrogen and oxygen atoms in total. The van der Waals surface area contributed by atoms with Crippen LogP contribution in [0.3, 0.4) is 0 Å². The maximum atomic E-state index is 13.6. The van der Waals surface area contributed by atoms with Crippen LogP contribution >= 0.6 is 0 Å². The second-order valence-corrected chi connectivity index (χ2v) is 10.6. The quantitative estimate of drug-likeness (QED) is 0.348. The Balaban J connectivity index is 1.27. The number of benzene rings is 2. The predicted octanol–water partition coefficient (Wildman–Crippen LogP) is 4.51. The lowest BCUT2D eigenvalue weighted by Crippen LogP contribution is -2.55. The third-order valence-electron chi connectivity index (χ3n) is 8.07. The summed E-state index contributed by atoms with van der Waals surface area (Å²) < 4.78 is 15.8. The molecule has 0 bridgehead atoms. The zero-order valence-electron chi connectivity index (χ0n) is 22.0. The molecule has 1 aliphatic heterocycles. The molecule has 9 heteroatoms. The number of anilines is 1. The van der Waals surface area contributed by atoms with Gasteiger partial charge in [0.05, 0.1) is 23.8 Å². The van der Waals surface area contributed by atoms with E-state index in [4.69, 9.17) is 5.10 Å². The number of hydrogen-bond donors (Lipinski definition) is 1. The number of H-pyrrole nitrogens is 1. The standard InChI is InChI=1S/C29H34FN7O/c1-3-26-25-12-11-23(16-27(25)37(34-26)22-5-4-6-22)35-13-14-36(18-28(38)29-31-19(2)32-33-29)24(17-35)15-20-7-9-21(30)10-8-20/h7-12,16,22,24H,3-6,13-15,17-18H2,1-2H3,(H,31,32,33)/t24-/m0/s1. The molecule has 0 radical (unpaired) electrons. The lowest BCUT2D eigenvalue weighted by atomic mass is 9.93. The monoisotopic (exact) mass is 515 g/mol. The van der Waals surface area contributed by atoms with Crippen molar-refractivity contribution < 1.29 is 9.18 Å². The van der Waals surface area contributed by atoms with Crippen LogP contribution in [0, 0.1) is 12.7 Å². The van der Waals surface area contributed by atoms with Crippen molar-refractivity contribution in [3.63, 3.8) is 0 Å². The average Bonchev–Trinajstić information content (AvgIpc) is 3.49. The molecule has 2 fully saturated rings. The number of Topliss-reactive ketones (excluding diaryl/α,β-unsaturated/α-hetero) is 1. The summed E-state index contributed by atoms with van der Waals surface area (Å²) in [5.41, 5.74) is 4.62. The Morgan fingerprint density at radius 3 is 2.63 bits per heavy atom. The molecular formula is C29H34FN7O. The minimum Gasteiger partial charge on any atom is -0.369 e. The van der Waals surface area contributed by atoms with Gasteiger partial charge in [-0.05, 0) is 74.9 Å². The third kappa shape index (κ3) is 4.82. The molecule has 0 unspecified atom stereocenters. The number of hydrogen-bond acceptors (Lipinski definition) is 6. The number of aromatic nitrogens is 5. The Bertz CT molecular complexity index is 1440. The first-order valence-electron chi connectivity index (χ1n) is 13.6. The van der Waals surface area contributed by atoms with Crippen LogP contribution in [0.4, 0.5) is 10.1 Å². The average molecular weight is 516 g/mol. The van der Waals surface area contributed by atoms with Gasteiger partial charge in [0.25, 0.3) is 0 Å². The third-order valence-corrected chi connectivity index (χ3v) is 8.07. The Kier molecular flexibility index (Phi) is 6.69. The molecule has 2 aliphatic rings. The summed E-state index contributed by atoms with van der Waals surface area (Å²) in [6.45, 7) is 6.52. The van der Waals surface area contributed by atoms with Crippen LogP contribution in [0.25, 0.3) is 10.9 Å². The van der Waals surface area contributed by atoms with E-state index in [0.717, 1.165) is 43.7 Å². The molecule has 1 N–H and O–H groups in total. The van der Waals surface area contributed by atoms with E-state index in [1.165, 1.54) is 48.0 Å². The maximum absolute atomic E-state index is 13.6. The summed E-state index contributed by atoms with van der Waals surface area (Å²) in [6.07, 6.45) is 5.31. The number of nitrogens with one attached hydrogen (secondary N) is 1. The van der Waals surface area contributed by atoms with Crippen molar-refractivity contribution in [1.82, 2.24) is 29.9 Å². The SMILES string of the molecule is CCc1nn(C2CCC2)c2cc(N3CCN(CC(=O)c4n[nH]c(C)n4)[C@@H](Cc4ccc(F)cc4)C3)ccc12. The molecule has 6 rings (SSSR count). The lowest BCUT2D eigenvalue weighted by molar-refractivity contribution is 0.0865. The molecule has 198 valence electrons. The van der Waals surface area contributed by atoms with Gasteiger partial charge in [-0.25, -0.2) is 9.37 Å². The van der Waals surface area contributed by atoms with Gasteiger partial charge in [-0.1, -0.05) is 19.1 Å². The Hall–Kier alpha value is -3.59. The van der Waals surface area contributed by atoms with Crippen LogP contribution in [0.2, 0.25) is 0 Å². The lowest BCUT2D eigenvalue weighted by Gasteiger charge is -2.42. The highest BCUT2D eigenvalue weighted by Crippen LogP contribution is 2.36. The Labute approximate surface area is 221 Å². The number of ketones is 1. The van der Waals surface area contributed by atoms with E-state index < -0.39 is 0 Å². The minimum atomic E-state index is -0.242. The van der Waals surface area contributed by atoms with E-state index in [1.807, 2.05) is 12.1 Å². The van der Waals surface area contributed by atoms with Crippen LogP contribution in [-0.2, 0) is 12.8 Å². The van der Waals surface area contributed by atoms with Crippen molar-refractivity contribution in [2.75, 3.05) is 31.1 Å². The zero-order valence-corrected chi connectivity index (χ0v) is 22.0. The number of nitrogens with zero attached hydrogens (tertiary/aromatic N) is 6. The number of piperazine rings is 1. The van der Waals surface area contributed by atoms with Gasteiger partial charge in [0.1, 0.15) is 11.6 Å². The minimum absolute atomic E-state index is 0.0802. The molecule has 2 aromatic heterocycles. The van der Waals surface area contributed by atoms with E-state index in [2.05, 4.69) is 54.8 Å². The fourth-order valence-corrected chi connectivity index (χ4v) is 5.70. The van der Waals surface area contributed by atoms with Gasteiger partial charge in [-0.15, -0.1) is 0 Å². The van der Waals surface area contributed by atoms with Gasteiger partial charge in [0.15, 0.2) is 0 Å². The van der Waals surface area contributed by atoms with E-state index in [1.54, 1.807) is 6.92 Å². The first kappa shape index (κ1) is 24.7. The predicted molar refractivity (Wildman–Crippen MR) is 145 cm³/mol. The van der Waals surface area contributed by atoms with Crippen LogP contribution < -0.4 is 4.90 Å². The fourth-order valence-electron chi connectivity index (χ4n) is 5.70. The molecule has 0 amide bonds. The van der Waals surface area contributed by atoms with E-state index >= 15 is 0 Å². The highest BCUT2D eigenvalue weighted by atomic mass is 19.1. The second kappa shape index (κ2) is 10.3. The summed E-state index contributed by atoms with van der Waals surface area (Å²) in [5.74, 6) is 0.523. The number of rotatable bonds is 8. The van der Waals surface area contributed by atoms with E-state index in [0.29, 0.717) is 11.9 Å². The summed E-state index contributed by atoms with van der Waals surface area (Å²) in [4.78, 5) is 21.8. The summed E-state index contributed by atoms with van der Waals surface area (Å²) in [7, 11) is 0. The number of carbonyl (C=O) groups is 1. The van der Waals surface area contributed by atoms with Crippen LogP contribution in [0.1, 0.15) is 59.9 Å². The second-order valence-electron chi connectivity index (χ2n) is 10.6. The highest BCUT2D eigenvalue weighted by molar-refractivity contribution is 5.94.